The van der Waals surface area contributed by atoms with E-state index >= 15 is 0 Å². The number of hydrogen-bond acceptors (Lipinski definition) is 8. The van der Waals surface area contributed by atoms with Crippen molar-refractivity contribution in [2.45, 2.75) is 25.1 Å². The van der Waals surface area contributed by atoms with E-state index < -0.39 is 18.1 Å². The van der Waals surface area contributed by atoms with Crippen LogP contribution in [0.3, 0.4) is 0 Å². The minimum absolute atomic E-state index is 0.0549. The van der Waals surface area contributed by atoms with Gasteiger partial charge in [0, 0.05) is 22.3 Å². The number of aromatic nitrogens is 8. The highest BCUT2D eigenvalue weighted by Gasteiger charge is 2.38. The van der Waals surface area contributed by atoms with Crippen LogP contribution in [0.2, 0.25) is 5.02 Å². The van der Waals surface area contributed by atoms with Crippen LogP contribution in [-0.2, 0) is 11.2 Å². The lowest BCUT2D eigenvalue weighted by atomic mass is 10.0. The van der Waals surface area contributed by atoms with Crippen LogP contribution in [-0.4, -0.2) is 68.1 Å². The number of aromatic amines is 1. The molecular weight excluding hydrogens is 597 g/mol. The van der Waals surface area contributed by atoms with Gasteiger partial charge < -0.3 is 19.8 Å². The average molecular weight is 615 g/mol. The van der Waals surface area contributed by atoms with Crippen molar-refractivity contribution in [3.8, 4) is 28.2 Å². The van der Waals surface area contributed by atoms with Crippen molar-refractivity contribution in [3.63, 3.8) is 0 Å². The molecule has 17 heteroatoms. The number of benzene rings is 1. The summed E-state index contributed by atoms with van der Waals surface area (Å²) >= 11 is 6.27. The molecule has 0 saturated carbocycles. The van der Waals surface area contributed by atoms with Crippen LogP contribution in [0.4, 0.5) is 13.2 Å². The number of carbonyl (C=O) groups is 2. The number of alkyl halides is 3. The molecule has 13 nitrogen and oxygen atoms in total. The number of aryl methyl sites for hydroxylation is 1. The van der Waals surface area contributed by atoms with E-state index in [4.69, 9.17) is 21.5 Å². The number of fused-ring (bicyclic) bond motifs is 1. The maximum Gasteiger partial charge on any atom is 0.490 e. The zero-order chi connectivity index (χ0) is 30.9. The molecule has 0 aliphatic carbocycles. The van der Waals surface area contributed by atoms with Gasteiger partial charge in [0.15, 0.2) is 0 Å². The summed E-state index contributed by atoms with van der Waals surface area (Å²) in [5.41, 5.74) is 3.85. The van der Waals surface area contributed by atoms with Gasteiger partial charge in [-0.25, -0.2) is 19.6 Å². The number of H-pyrrole nitrogens is 1. The minimum atomic E-state index is -5.08. The van der Waals surface area contributed by atoms with Crippen LogP contribution >= 0.6 is 11.6 Å². The number of hydrogen-bond donors (Lipinski definition) is 3. The normalized spacial score (nSPS) is 14.1. The Labute approximate surface area is 243 Å². The number of rotatable bonds is 5. The van der Waals surface area contributed by atoms with Gasteiger partial charge in [-0.05, 0) is 65.2 Å². The Morgan fingerprint density at radius 3 is 2.53 bits per heavy atom. The standard InChI is InChI=1S/C24H17ClN8O3.C2HF3O2/c25-14-4-6-20(32-12-27-30-31-32)16(10-14)13-8-15-5-7-21(33(15)22(34)9-13)23-26-11-19(29-23)17-2-1-3-18(28-17)24(35)36;3-2(4,5)1(6)7/h1-4,6,8-12,21H,5,7H2,(H,26,29)(H,35,36);(H,6,7)/t21-;/m0./s1. The second-order valence-electron chi connectivity index (χ2n) is 9.11. The van der Waals surface area contributed by atoms with E-state index in [1.165, 1.54) is 17.1 Å². The van der Waals surface area contributed by atoms with Crippen LogP contribution in [0, 0.1) is 0 Å². The lowest BCUT2D eigenvalue weighted by Gasteiger charge is -2.15. The Bertz CT molecular complexity index is 1890. The topological polar surface area (TPSA) is 182 Å². The SMILES string of the molecule is O=C(O)C(F)(F)F.O=C(O)c1cccc(-c2cnc([C@@H]3CCc4cc(-c5cc(Cl)ccc5-n5cnnn5)cc(=O)n43)[nH]2)n1. The van der Waals surface area contributed by atoms with Gasteiger partial charge in [0.25, 0.3) is 5.56 Å². The molecule has 6 rings (SSSR count). The second-order valence-corrected chi connectivity index (χ2v) is 9.55. The average Bonchev–Trinajstić information content (AvgIpc) is 3.74. The van der Waals surface area contributed by atoms with Crippen LogP contribution in [0.1, 0.15) is 34.5 Å². The third kappa shape index (κ3) is 6.13. The highest BCUT2D eigenvalue weighted by atomic mass is 35.5. The third-order valence-corrected chi connectivity index (χ3v) is 6.63. The van der Waals surface area contributed by atoms with Crippen molar-refractivity contribution < 1.29 is 33.0 Å². The first kappa shape index (κ1) is 29.1. The number of aliphatic carboxylic acids is 1. The Morgan fingerprint density at radius 1 is 1.09 bits per heavy atom. The third-order valence-electron chi connectivity index (χ3n) is 6.40. The van der Waals surface area contributed by atoms with Crippen molar-refractivity contribution >= 4 is 23.5 Å². The molecule has 0 spiro atoms. The Balaban J connectivity index is 0.000000472. The van der Waals surface area contributed by atoms with Crippen molar-refractivity contribution in [1.82, 2.24) is 39.7 Å². The zero-order valence-corrected chi connectivity index (χ0v) is 22.3. The van der Waals surface area contributed by atoms with Crippen LogP contribution < -0.4 is 5.56 Å². The Hall–Kier alpha value is -5.38. The van der Waals surface area contributed by atoms with Crippen LogP contribution in [0.25, 0.3) is 28.2 Å². The van der Waals surface area contributed by atoms with E-state index in [0.717, 1.165) is 16.8 Å². The molecule has 0 bridgehead atoms. The molecule has 43 heavy (non-hydrogen) atoms. The number of imidazole rings is 1. The molecule has 1 aliphatic rings. The summed E-state index contributed by atoms with van der Waals surface area (Å²) in [5, 5.41) is 28.2. The number of nitrogens with one attached hydrogen (secondary N) is 1. The predicted octanol–water partition coefficient (Wildman–Crippen LogP) is 3.80. The van der Waals surface area contributed by atoms with E-state index in [-0.39, 0.29) is 17.3 Å². The molecule has 5 aromatic rings. The van der Waals surface area contributed by atoms with Crippen LogP contribution in [0.15, 0.2) is 65.8 Å². The highest BCUT2D eigenvalue weighted by molar-refractivity contribution is 6.31. The molecule has 0 unspecified atom stereocenters. The maximum atomic E-state index is 13.3. The lowest BCUT2D eigenvalue weighted by molar-refractivity contribution is -0.192. The Morgan fingerprint density at radius 2 is 1.86 bits per heavy atom. The summed E-state index contributed by atoms with van der Waals surface area (Å²) in [6.45, 7) is 0. The van der Waals surface area contributed by atoms with E-state index in [0.29, 0.717) is 40.8 Å². The van der Waals surface area contributed by atoms with Crippen LogP contribution in [0.5, 0.6) is 0 Å². The summed E-state index contributed by atoms with van der Waals surface area (Å²) in [6.07, 6.45) is -0.634. The fourth-order valence-corrected chi connectivity index (χ4v) is 4.73. The molecule has 1 aliphatic heterocycles. The lowest BCUT2D eigenvalue weighted by Crippen LogP contribution is -2.23. The number of carboxylic acid groups (broad SMARTS) is 2. The van der Waals surface area contributed by atoms with E-state index in [1.807, 2.05) is 6.07 Å². The molecule has 1 aromatic carbocycles. The highest BCUT2D eigenvalue weighted by Crippen LogP contribution is 2.34. The number of pyridine rings is 2. The molecular formula is C26H18ClF3N8O5. The molecule has 0 saturated heterocycles. The number of halogens is 4. The first-order chi connectivity index (χ1) is 20.4. The fourth-order valence-electron chi connectivity index (χ4n) is 4.56. The number of carboxylic acids is 2. The molecule has 0 fully saturated rings. The summed E-state index contributed by atoms with van der Waals surface area (Å²) in [4.78, 5) is 45.4. The van der Waals surface area contributed by atoms with Gasteiger partial charge >= 0.3 is 18.1 Å². The summed E-state index contributed by atoms with van der Waals surface area (Å²) in [7, 11) is 0. The molecule has 0 radical (unpaired) electrons. The fraction of sp³-hybridized carbons (Fsp3) is 0.154. The van der Waals surface area contributed by atoms with E-state index in [2.05, 4.69) is 30.5 Å². The van der Waals surface area contributed by atoms with Gasteiger partial charge in [0.1, 0.15) is 17.8 Å². The van der Waals surface area contributed by atoms with Gasteiger partial charge in [-0.2, -0.15) is 17.9 Å². The number of nitrogens with zero attached hydrogens (tertiary/aromatic N) is 7. The molecule has 220 valence electrons. The van der Waals surface area contributed by atoms with Gasteiger partial charge in [-0.1, -0.05) is 17.7 Å². The van der Waals surface area contributed by atoms with Crippen molar-refractivity contribution in [3.05, 3.63) is 93.6 Å². The largest absolute Gasteiger partial charge is 0.490 e. The quantitative estimate of drug-likeness (QED) is 0.263. The second kappa shape index (κ2) is 11.5. The Kier molecular flexibility index (Phi) is 7.78. The zero-order valence-electron chi connectivity index (χ0n) is 21.5. The monoisotopic (exact) mass is 614 g/mol. The minimum Gasteiger partial charge on any atom is -0.477 e. The predicted molar refractivity (Wildman–Crippen MR) is 143 cm³/mol. The van der Waals surface area contributed by atoms with E-state index in [9.17, 15) is 27.9 Å². The number of aromatic carboxylic acids is 1. The molecule has 5 heterocycles. The van der Waals surface area contributed by atoms with Crippen molar-refractivity contribution in [2.24, 2.45) is 0 Å². The number of tetrazole rings is 1. The molecule has 1 atom stereocenters. The first-order valence-corrected chi connectivity index (χ1v) is 12.6. The smallest absolute Gasteiger partial charge is 0.477 e. The van der Waals surface area contributed by atoms with Gasteiger partial charge in [0.2, 0.25) is 0 Å². The maximum absolute atomic E-state index is 13.3. The molecule has 4 aromatic heterocycles. The molecule has 3 N–H and O–H groups in total. The summed E-state index contributed by atoms with van der Waals surface area (Å²) in [5.74, 6) is -3.25. The first-order valence-electron chi connectivity index (χ1n) is 12.3. The van der Waals surface area contributed by atoms with Gasteiger partial charge in [-0.3, -0.25) is 4.79 Å². The summed E-state index contributed by atoms with van der Waals surface area (Å²) < 4.78 is 35.0. The van der Waals surface area contributed by atoms with Gasteiger partial charge in [0.05, 0.1) is 29.3 Å². The van der Waals surface area contributed by atoms with Crippen molar-refractivity contribution in [1.29, 1.82) is 0 Å². The molecule has 0 amide bonds. The van der Waals surface area contributed by atoms with Gasteiger partial charge in [-0.15, -0.1) is 5.10 Å². The van der Waals surface area contributed by atoms with E-state index in [1.54, 1.807) is 47.2 Å². The summed E-state index contributed by atoms with van der Waals surface area (Å²) in [6, 6.07) is 13.4. The van der Waals surface area contributed by atoms with Crippen molar-refractivity contribution in [2.75, 3.05) is 0 Å².